The predicted molar refractivity (Wildman–Crippen MR) is 85.3 cm³/mol. The van der Waals surface area contributed by atoms with Gasteiger partial charge in [-0.15, -0.1) is 0 Å². The second kappa shape index (κ2) is 8.83. The van der Waals surface area contributed by atoms with Crippen molar-refractivity contribution >= 4 is 5.91 Å². The van der Waals surface area contributed by atoms with Crippen molar-refractivity contribution in [3.05, 3.63) is 35.4 Å². The molecule has 0 heterocycles. The molecule has 1 fully saturated rings. The maximum absolute atomic E-state index is 11.8. The number of aryl methyl sites for hydroxylation is 1. The smallest absolute Gasteiger partial charge is 0.224 e. The molecule has 0 unspecified atom stereocenters. The van der Waals surface area contributed by atoms with Gasteiger partial charge < -0.3 is 10.1 Å². The largest absolute Gasteiger partial charge is 0.378 e. The monoisotopic (exact) mass is 289 g/mol. The first-order chi connectivity index (χ1) is 10.2. The first-order valence-electron chi connectivity index (χ1n) is 8.18. The number of carbonyl (C=O) groups excluding carboxylic acids is 1. The van der Waals surface area contributed by atoms with Crippen LogP contribution in [0.5, 0.6) is 0 Å². The lowest BCUT2D eigenvalue weighted by atomic mass is 9.98. The molecule has 0 spiro atoms. The molecule has 0 saturated heterocycles. The van der Waals surface area contributed by atoms with E-state index in [1.54, 1.807) is 0 Å². The van der Waals surface area contributed by atoms with E-state index in [9.17, 15) is 4.79 Å². The summed E-state index contributed by atoms with van der Waals surface area (Å²) in [5.41, 5.74) is 2.29. The second-order valence-corrected chi connectivity index (χ2v) is 6.00. The minimum absolute atomic E-state index is 0.0940. The Hall–Kier alpha value is -1.35. The number of benzene rings is 1. The molecular formula is C18H27NO2. The average Bonchev–Trinajstić information content (AvgIpc) is 2.50. The number of rotatable bonds is 7. The first-order valence-corrected chi connectivity index (χ1v) is 8.18. The SMILES string of the molecule is Cc1ccc(CC(=O)NCCCOC2CCCCC2)cc1. The van der Waals surface area contributed by atoms with Gasteiger partial charge in [-0.3, -0.25) is 4.79 Å². The zero-order valence-electron chi connectivity index (χ0n) is 13.1. The Balaban J connectivity index is 1.53. The molecule has 3 nitrogen and oxygen atoms in total. The lowest BCUT2D eigenvalue weighted by molar-refractivity contribution is -0.120. The molecule has 21 heavy (non-hydrogen) atoms. The normalized spacial score (nSPS) is 15.9. The number of ether oxygens (including phenoxy) is 1. The van der Waals surface area contributed by atoms with Crippen LogP contribution < -0.4 is 5.32 Å². The van der Waals surface area contributed by atoms with E-state index >= 15 is 0 Å². The van der Waals surface area contributed by atoms with E-state index in [-0.39, 0.29) is 5.91 Å². The van der Waals surface area contributed by atoms with Crippen molar-refractivity contribution < 1.29 is 9.53 Å². The number of hydrogen-bond acceptors (Lipinski definition) is 2. The van der Waals surface area contributed by atoms with Crippen LogP contribution >= 0.6 is 0 Å². The maximum atomic E-state index is 11.8. The lowest BCUT2D eigenvalue weighted by Crippen LogP contribution is -2.27. The number of amides is 1. The highest BCUT2D eigenvalue weighted by atomic mass is 16.5. The van der Waals surface area contributed by atoms with E-state index in [4.69, 9.17) is 4.74 Å². The summed E-state index contributed by atoms with van der Waals surface area (Å²) in [4.78, 5) is 11.8. The minimum Gasteiger partial charge on any atom is -0.378 e. The van der Waals surface area contributed by atoms with Crippen molar-refractivity contribution in [1.82, 2.24) is 5.32 Å². The second-order valence-electron chi connectivity index (χ2n) is 6.00. The van der Waals surface area contributed by atoms with Gasteiger partial charge >= 0.3 is 0 Å². The summed E-state index contributed by atoms with van der Waals surface area (Å²) in [6.45, 7) is 3.52. The molecule has 1 N–H and O–H groups in total. The van der Waals surface area contributed by atoms with E-state index in [2.05, 4.69) is 12.2 Å². The number of carbonyl (C=O) groups is 1. The fourth-order valence-electron chi connectivity index (χ4n) is 2.74. The van der Waals surface area contributed by atoms with Gasteiger partial charge in [-0.2, -0.15) is 0 Å². The third kappa shape index (κ3) is 6.30. The topological polar surface area (TPSA) is 38.3 Å². The van der Waals surface area contributed by atoms with Crippen LogP contribution in [0.1, 0.15) is 49.7 Å². The highest BCUT2D eigenvalue weighted by molar-refractivity contribution is 5.78. The van der Waals surface area contributed by atoms with E-state index < -0.39 is 0 Å². The Morgan fingerprint density at radius 1 is 1.19 bits per heavy atom. The first kappa shape index (κ1) is 16.0. The summed E-state index contributed by atoms with van der Waals surface area (Å²) >= 11 is 0. The molecule has 1 saturated carbocycles. The van der Waals surface area contributed by atoms with E-state index in [0.29, 0.717) is 19.1 Å². The van der Waals surface area contributed by atoms with Gasteiger partial charge in [-0.25, -0.2) is 0 Å². The molecule has 3 heteroatoms. The van der Waals surface area contributed by atoms with Gasteiger partial charge in [0.05, 0.1) is 12.5 Å². The predicted octanol–water partition coefficient (Wildman–Crippen LogP) is 3.39. The van der Waals surface area contributed by atoms with Gasteiger partial charge in [-0.1, -0.05) is 49.1 Å². The van der Waals surface area contributed by atoms with Gasteiger partial charge in [0, 0.05) is 13.2 Å². The molecule has 0 radical (unpaired) electrons. The quantitative estimate of drug-likeness (QED) is 0.781. The molecule has 1 amide bonds. The minimum atomic E-state index is 0.0940. The zero-order valence-corrected chi connectivity index (χ0v) is 13.1. The van der Waals surface area contributed by atoms with E-state index in [0.717, 1.165) is 18.6 Å². The molecule has 1 aliphatic carbocycles. The molecule has 1 aromatic carbocycles. The molecule has 0 bridgehead atoms. The summed E-state index contributed by atoms with van der Waals surface area (Å²) in [7, 11) is 0. The van der Waals surface area contributed by atoms with Gasteiger partial charge in [0.1, 0.15) is 0 Å². The van der Waals surface area contributed by atoms with Crippen LogP contribution in [0.2, 0.25) is 0 Å². The molecule has 1 aliphatic rings. The third-order valence-electron chi connectivity index (χ3n) is 4.03. The average molecular weight is 289 g/mol. The molecule has 0 atom stereocenters. The third-order valence-corrected chi connectivity index (χ3v) is 4.03. The van der Waals surface area contributed by atoms with Crippen LogP contribution in [0.4, 0.5) is 0 Å². The van der Waals surface area contributed by atoms with Crippen LogP contribution in [0.3, 0.4) is 0 Å². The maximum Gasteiger partial charge on any atom is 0.224 e. The Morgan fingerprint density at radius 3 is 2.62 bits per heavy atom. The van der Waals surface area contributed by atoms with Crippen LogP contribution in [0.15, 0.2) is 24.3 Å². The molecule has 2 rings (SSSR count). The van der Waals surface area contributed by atoms with Crippen molar-refractivity contribution in [3.8, 4) is 0 Å². The van der Waals surface area contributed by atoms with Gasteiger partial charge in [0.25, 0.3) is 0 Å². The summed E-state index contributed by atoms with van der Waals surface area (Å²) in [6, 6.07) is 8.11. The number of hydrogen-bond donors (Lipinski definition) is 1. The Bertz CT molecular complexity index is 421. The molecular weight excluding hydrogens is 262 g/mol. The van der Waals surface area contributed by atoms with Crippen molar-refractivity contribution in [2.45, 2.75) is 58.0 Å². The van der Waals surface area contributed by atoms with Crippen LogP contribution in [-0.2, 0) is 16.0 Å². The van der Waals surface area contributed by atoms with Gasteiger partial charge in [-0.05, 0) is 31.7 Å². The van der Waals surface area contributed by atoms with Crippen LogP contribution in [0, 0.1) is 6.92 Å². The number of nitrogens with one attached hydrogen (secondary N) is 1. The lowest BCUT2D eigenvalue weighted by Gasteiger charge is -2.21. The molecule has 0 aromatic heterocycles. The van der Waals surface area contributed by atoms with Crippen molar-refractivity contribution in [2.75, 3.05) is 13.2 Å². The molecule has 116 valence electrons. The zero-order chi connectivity index (χ0) is 14.9. The fourth-order valence-corrected chi connectivity index (χ4v) is 2.74. The Labute approximate surface area is 128 Å². The summed E-state index contributed by atoms with van der Waals surface area (Å²) < 4.78 is 5.84. The van der Waals surface area contributed by atoms with Crippen molar-refractivity contribution in [3.63, 3.8) is 0 Å². The van der Waals surface area contributed by atoms with Crippen LogP contribution in [-0.4, -0.2) is 25.2 Å². The van der Waals surface area contributed by atoms with Crippen LogP contribution in [0.25, 0.3) is 0 Å². The molecule has 0 aliphatic heterocycles. The van der Waals surface area contributed by atoms with E-state index in [1.807, 2.05) is 24.3 Å². The Morgan fingerprint density at radius 2 is 1.90 bits per heavy atom. The molecule has 1 aromatic rings. The standard InChI is InChI=1S/C18H27NO2/c1-15-8-10-16(11-9-15)14-18(20)19-12-5-13-21-17-6-3-2-4-7-17/h8-11,17H,2-7,12-14H2,1H3,(H,19,20). The van der Waals surface area contributed by atoms with Crippen molar-refractivity contribution in [2.24, 2.45) is 0 Å². The Kier molecular flexibility index (Phi) is 6.74. The summed E-state index contributed by atoms with van der Waals surface area (Å²) in [5.74, 6) is 0.0940. The fraction of sp³-hybridized carbons (Fsp3) is 0.611. The van der Waals surface area contributed by atoms with E-state index in [1.165, 1.54) is 37.7 Å². The highest BCUT2D eigenvalue weighted by Crippen LogP contribution is 2.20. The highest BCUT2D eigenvalue weighted by Gasteiger charge is 2.13. The summed E-state index contributed by atoms with van der Waals surface area (Å²) in [5, 5.41) is 2.96. The van der Waals surface area contributed by atoms with Gasteiger partial charge in [0.15, 0.2) is 0 Å². The summed E-state index contributed by atoms with van der Waals surface area (Å²) in [6.07, 6.45) is 8.20. The van der Waals surface area contributed by atoms with Crippen molar-refractivity contribution in [1.29, 1.82) is 0 Å². The van der Waals surface area contributed by atoms with Gasteiger partial charge in [0.2, 0.25) is 5.91 Å².